The van der Waals surface area contributed by atoms with Crippen LogP contribution < -0.4 is 4.74 Å². The summed E-state index contributed by atoms with van der Waals surface area (Å²) < 4.78 is 5.59. The van der Waals surface area contributed by atoms with E-state index in [-0.39, 0.29) is 24.3 Å². The Bertz CT molecular complexity index is 851. The molecular weight excluding hydrogens is 346 g/mol. The summed E-state index contributed by atoms with van der Waals surface area (Å²) in [5, 5.41) is -0.250. The van der Waals surface area contributed by atoms with Crippen LogP contribution in [0.15, 0.2) is 47.4 Å². The van der Waals surface area contributed by atoms with E-state index in [1.807, 2.05) is 57.2 Å². The van der Waals surface area contributed by atoms with Crippen molar-refractivity contribution in [1.29, 1.82) is 0 Å². The molecule has 134 valence electrons. The number of hydrogen-bond donors (Lipinski definition) is 0. The van der Waals surface area contributed by atoms with Gasteiger partial charge in [0.1, 0.15) is 12.4 Å². The van der Waals surface area contributed by atoms with E-state index < -0.39 is 0 Å². The van der Waals surface area contributed by atoms with Crippen molar-refractivity contribution >= 4 is 29.0 Å². The predicted molar refractivity (Wildman–Crippen MR) is 105 cm³/mol. The van der Waals surface area contributed by atoms with E-state index in [2.05, 4.69) is 12.1 Å². The van der Waals surface area contributed by atoms with E-state index in [9.17, 15) is 9.59 Å². The molecule has 1 aliphatic rings. The normalized spacial score (nSPS) is 15.8. The van der Waals surface area contributed by atoms with Crippen molar-refractivity contribution in [2.45, 2.75) is 20.8 Å². The minimum Gasteiger partial charge on any atom is -0.492 e. The van der Waals surface area contributed by atoms with Crippen LogP contribution in [0, 0.1) is 20.8 Å². The van der Waals surface area contributed by atoms with Gasteiger partial charge in [-0.3, -0.25) is 14.5 Å². The van der Waals surface area contributed by atoms with Crippen molar-refractivity contribution in [2.24, 2.45) is 0 Å². The van der Waals surface area contributed by atoms with Crippen molar-refractivity contribution in [3.63, 3.8) is 0 Å². The Hall–Kier alpha value is -2.53. The first-order chi connectivity index (χ1) is 12.5. The highest BCUT2D eigenvalue weighted by Gasteiger charge is 2.35. The van der Waals surface area contributed by atoms with Crippen LogP contribution in [-0.2, 0) is 4.79 Å². The Labute approximate surface area is 157 Å². The Balaban J connectivity index is 1.71. The van der Waals surface area contributed by atoms with Crippen molar-refractivity contribution in [3.8, 4) is 5.75 Å². The minimum absolute atomic E-state index is 0.239. The van der Waals surface area contributed by atoms with E-state index in [1.165, 1.54) is 10.5 Å². The fourth-order valence-electron chi connectivity index (χ4n) is 3.01. The molecule has 1 fully saturated rings. The Morgan fingerprint density at radius 1 is 1.04 bits per heavy atom. The zero-order chi connectivity index (χ0) is 18.7. The van der Waals surface area contributed by atoms with Gasteiger partial charge in [-0.05, 0) is 67.4 Å². The maximum Gasteiger partial charge on any atom is 0.293 e. The molecule has 26 heavy (non-hydrogen) atoms. The van der Waals surface area contributed by atoms with Crippen LogP contribution in [0.5, 0.6) is 5.75 Å². The van der Waals surface area contributed by atoms with Gasteiger partial charge < -0.3 is 4.74 Å². The molecule has 0 N–H and O–H groups in total. The third-order valence-corrected chi connectivity index (χ3v) is 5.12. The van der Waals surface area contributed by atoms with Crippen LogP contribution in [0.3, 0.4) is 0 Å². The van der Waals surface area contributed by atoms with Gasteiger partial charge in [-0.2, -0.15) is 0 Å². The lowest BCUT2D eigenvalue weighted by atomic mass is 9.99. The molecule has 1 aliphatic heterocycles. The lowest BCUT2D eigenvalue weighted by Gasteiger charge is -2.13. The standard InChI is InChI=1S/C21H21NO3S/c1-14-11-15(2)18(16(3)12-14)13-19-20(23)22(21(24)26-19)9-10-25-17-7-5-4-6-8-17/h4-8,11-13H,9-10H2,1-3H3/b19-13-. The SMILES string of the molecule is Cc1cc(C)c(/C=C2\SC(=O)N(CCOc3ccccc3)C2=O)c(C)c1. The molecule has 2 aromatic rings. The molecule has 0 radical (unpaired) electrons. The molecule has 1 heterocycles. The van der Waals surface area contributed by atoms with Crippen LogP contribution >= 0.6 is 11.8 Å². The van der Waals surface area contributed by atoms with Gasteiger partial charge >= 0.3 is 0 Å². The third kappa shape index (κ3) is 3.99. The molecule has 4 nitrogen and oxygen atoms in total. The van der Waals surface area contributed by atoms with E-state index in [4.69, 9.17) is 4.74 Å². The molecule has 2 amide bonds. The molecule has 0 bridgehead atoms. The lowest BCUT2D eigenvalue weighted by Crippen LogP contribution is -2.32. The number of thioether (sulfide) groups is 1. The smallest absolute Gasteiger partial charge is 0.293 e. The van der Waals surface area contributed by atoms with Crippen LogP contribution in [0.2, 0.25) is 0 Å². The zero-order valence-corrected chi connectivity index (χ0v) is 15.9. The fourth-order valence-corrected chi connectivity index (χ4v) is 3.86. The van der Waals surface area contributed by atoms with Crippen molar-refractivity contribution < 1.29 is 14.3 Å². The number of amides is 2. The molecule has 0 unspecified atom stereocenters. The number of hydrogen-bond acceptors (Lipinski definition) is 4. The van der Waals surface area contributed by atoms with Crippen LogP contribution in [0.25, 0.3) is 6.08 Å². The van der Waals surface area contributed by atoms with E-state index in [1.54, 1.807) is 0 Å². The Morgan fingerprint density at radius 2 is 1.69 bits per heavy atom. The number of carbonyl (C=O) groups is 2. The Kier molecular flexibility index (Phi) is 5.47. The number of imide groups is 1. The van der Waals surface area contributed by atoms with Gasteiger partial charge in [-0.15, -0.1) is 0 Å². The number of carbonyl (C=O) groups excluding carboxylic acids is 2. The van der Waals surface area contributed by atoms with Crippen LogP contribution in [0.1, 0.15) is 22.3 Å². The molecule has 1 saturated heterocycles. The summed E-state index contributed by atoms with van der Waals surface area (Å²) in [6, 6.07) is 13.5. The van der Waals surface area contributed by atoms with Gasteiger partial charge in [0.25, 0.3) is 11.1 Å². The molecule has 0 spiro atoms. The lowest BCUT2D eigenvalue weighted by molar-refractivity contribution is -0.123. The molecule has 5 heteroatoms. The summed E-state index contributed by atoms with van der Waals surface area (Å²) in [5.74, 6) is 0.469. The highest BCUT2D eigenvalue weighted by Crippen LogP contribution is 2.33. The van der Waals surface area contributed by atoms with E-state index in [0.29, 0.717) is 4.91 Å². The molecule has 0 aliphatic carbocycles. The molecule has 2 aromatic carbocycles. The molecular formula is C21H21NO3S. The first kappa shape index (κ1) is 18.3. The topological polar surface area (TPSA) is 46.6 Å². The summed E-state index contributed by atoms with van der Waals surface area (Å²) in [5.41, 5.74) is 4.38. The van der Waals surface area contributed by atoms with E-state index >= 15 is 0 Å². The van der Waals surface area contributed by atoms with Gasteiger partial charge in [0.2, 0.25) is 0 Å². The highest BCUT2D eigenvalue weighted by atomic mass is 32.2. The van der Waals surface area contributed by atoms with Gasteiger partial charge in [-0.1, -0.05) is 35.9 Å². The molecule has 0 saturated carbocycles. The minimum atomic E-state index is -0.254. The second-order valence-electron chi connectivity index (χ2n) is 6.31. The number of nitrogens with zero attached hydrogens (tertiary/aromatic N) is 1. The van der Waals surface area contributed by atoms with Crippen molar-refractivity contribution in [3.05, 3.63) is 69.6 Å². The predicted octanol–water partition coefficient (Wildman–Crippen LogP) is 4.73. The fraction of sp³-hybridized carbons (Fsp3) is 0.238. The number of rotatable bonds is 5. The quantitative estimate of drug-likeness (QED) is 0.717. The summed E-state index contributed by atoms with van der Waals surface area (Å²) in [4.78, 5) is 26.5. The molecule has 0 aromatic heterocycles. The first-order valence-electron chi connectivity index (χ1n) is 8.47. The summed E-state index contributed by atoms with van der Waals surface area (Å²) >= 11 is 0.987. The molecule has 0 atom stereocenters. The maximum absolute atomic E-state index is 12.6. The van der Waals surface area contributed by atoms with Crippen molar-refractivity contribution in [2.75, 3.05) is 13.2 Å². The number of aryl methyl sites for hydroxylation is 3. The van der Waals surface area contributed by atoms with Crippen molar-refractivity contribution in [1.82, 2.24) is 4.90 Å². The number of benzene rings is 2. The third-order valence-electron chi connectivity index (χ3n) is 4.21. The number of ether oxygens (including phenoxy) is 1. The van der Waals surface area contributed by atoms with Crippen LogP contribution in [-0.4, -0.2) is 29.2 Å². The second kappa shape index (κ2) is 7.79. The first-order valence-corrected chi connectivity index (χ1v) is 9.28. The van der Waals surface area contributed by atoms with Crippen LogP contribution in [0.4, 0.5) is 4.79 Å². The summed E-state index contributed by atoms with van der Waals surface area (Å²) in [6.45, 7) is 6.60. The summed E-state index contributed by atoms with van der Waals surface area (Å²) in [6.07, 6.45) is 1.83. The van der Waals surface area contributed by atoms with Gasteiger partial charge in [0.05, 0.1) is 11.4 Å². The monoisotopic (exact) mass is 367 g/mol. The van der Waals surface area contributed by atoms with E-state index in [0.717, 1.165) is 34.2 Å². The maximum atomic E-state index is 12.6. The average molecular weight is 367 g/mol. The van der Waals surface area contributed by atoms with Gasteiger partial charge in [0, 0.05) is 0 Å². The summed E-state index contributed by atoms with van der Waals surface area (Å²) in [7, 11) is 0. The van der Waals surface area contributed by atoms with Gasteiger partial charge in [-0.25, -0.2) is 0 Å². The Morgan fingerprint density at radius 3 is 2.35 bits per heavy atom. The van der Waals surface area contributed by atoms with Gasteiger partial charge in [0.15, 0.2) is 0 Å². The second-order valence-corrected chi connectivity index (χ2v) is 7.30. The highest BCUT2D eigenvalue weighted by molar-refractivity contribution is 8.18. The zero-order valence-electron chi connectivity index (χ0n) is 15.1. The average Bonchev–Trinajstić information content (AvgIpc) is 2.86. The largest absolute Gasteiger partial charge is 0.492 e. The molecule has 3 rings (SSSR count). The number of para-hydroxylation sites is 1.